The number of benzene rings is 2. The van der Waals surface area contributed by atoms with Crippen LogP contribution < -0.4 is 4.72 Å². The highest BCUT2D eigenvalue weighted by atomic mass is 32.2. The Morgan fingerprint density at radius 2 is 1.81 bits per heavy atom. The van der Waals surface area contributed by atoms with Crippen LogP contribution in [0.1, 0.15) is 31.2 Å². The van der Waals surface area contributed by atoms with Crippen LogP contribution in [-0.4, -0.2) is 50.9 Å². The number of hydrogen-bond donors (Lipinski definition) is 1. The Labute approximate surface area is 184 Å². The predicted octanol–water partition coefficient (Wildman–Crippen LogP) is 3.19. The lowest BCUT2D eigenvalue weighted by molar-refractivity contribution is -0.139. The zero-order valence-electron chi connectivity index (χ0n) is 17.9. The molecule has 0 radical (unpaired) electrons. The first kappa shape index (κ1) is 22.0. The minimum atomic E-state index is -3.56. The summed E-state index contributed by atoms with van der Waals surface area (Å²) in [6.45, 7) is 0.582. The van der Waals surface area contributed by atoms with Crippen molar-refractivity contribution in [2.45, 2.75) is 44.2 Å². The summed E-state index contributed by atoms with van der Waals surface area (Å²) in [6, 6.07) is 17.9. The van der Waals surface area contributed by atoms with E-state index in [-0.39, 0.29) is 29.8 Å². The van der Waals surface area contributed by atoms with Gasteiger partial charge in [-0.2, -0.15) is 0 Å². The number of methoxy groups -OCH3 is 1. The third-order valence-corrected chi connectivity index (χ3v) is 7.57. The molecule has 1 N–H and O–H groups in total. The van der Waals surface area contributed by atoms with Crippen LogP contribution in [0.2, 0.25) is 0 Å². The molecule has 1 aliphatic heterocycles. The molecule has 6 nitrogen and oxygen atoms in total. The fraction of sp³-hybridized carbons (Fsp3) is 0.458. The fourth-order valence-corrected chi connectivity index (χ4v) is 5.69. The second-order valence-corrected chi connectivity index (χ2v) is 10.2. The first-order chi connectivity index (χ1) is 15.0. The van der Waals surface area contributed by atoms with Gasteiger partial charge in [0, 0.05) is 25.6 Å². The number of nitrogens with one attached hydrogen (secondary N) is 1. The van der Waals surface area contributed by atoms with E-state index in [2.05, 4.69) is 35.1 Å². The average molecular weight is 443 g/mol. The minimum absolute atomic E-state index is 0.0903. The molecule has 31 heavy (non-hydrogen) atoms. The molecular weight excluding hydrogens is 412 g/mol. The smallest absolute Gasteiger partial charge is 0.236 e. The van der Waals surface area contributed by atoms with Gasteiger partial charge < -0.3 is 9.64 Å². The van der Waals surface area contributed by atoms with Crippen LogP contribution in [0.25, 0.3) is 11.1 Å². The third-order valence-electron chi connectivity index (χ3n) is 6.37. The van der Waals surface area contributed by atoms with Gasteiger partial charge in [0.2, 0.25) is 15.9 Å². The number of amides is 1. The number of sulfonamides is 1. The highest BCUT2D eigenvalue weighted by Gasteiger charge is 2.42. The van der Waals surface area contributed by atoms with E-state index >= 15 is 0 Å². The Bertz CT molecular complexity index is 1010. The molecule has 1 heterocycles. The highest BCUT2D eigenvalue weighted by Crippen LogP contribution is 2.33. The Balaban J connectivity index is 1.58. The first-order valence-electron chi connectivity index (χ1n) is 10.9. The zero-order valence-corrected chi connectivity index (χ0v) is 18.7. The van der Waals surface area contributed by atoms with Gasteiger partial charge in [-0.25, -0.2) is 13.1 Å². The summed E-state index contributed by atoms with van der Waals surface area (Å²) < 4.78 is 32.4. The Kier molecular flexibility index (Phi) is 6.74. The van der Waals surface area contributed by atoms with Crippen molar-refractivity contribution in [3.8, 4) is 11.1 Å². The van der Waals surface area contributed by atoms with Gasteiger partial charge in [0.15, 0.2) is 5.94 Å². The molecular formula is C24H30N2O4S. The van der Waals surface area contributed by atoms with E-state index in [9.17, 15) is 13.2 Å². The van der Waals surface area contributed by atoms with Crippen LogP contribution >= 0.6 is 0 Å². The van der Waals surface area contributed by atoms with E-state index in [0.29, 0.717) is 19.4 Å². The molecule has 1 saturated heterocycles. The third kappa shape index (κ3) is 5.17. The van der Waals surface area contributed by atoms with Crippen LogP contribution in [0.3, 0.4) is 0 Å². The van der Waals surface area contributed by atoms with Gasteiger partial charge in [-0.3, -0.25) is 4.79 Å². The van der Waals surface area contributed by atoms with E-state index in [0.717, 1.165) is 36.0 Å². The molecule has 4 rings (SSSR count). The summed E-state index contributed by atoms with van der Waals surface area (Å²) in [6.07, 6.45) is 4.19. The molecule has 1 unspecified atom stereocenters. The number of nitrogens with zero attached hydrogens (tertiary/aromatic N) is 1. The van der Waals surface area contributed by atoms with E-state index in [1.165, 1.54) is 7.11 Å². The molecule has 1 amide bonds. The summed E-state index contributed by atoms with van der Waals surface area (Å²) in [7, 11) is -2.19. The van der Waals surface area contributed by atoms with Gasteiger partial charge in [0.1, 0.15) is 0 Å². The maximum Gasteiger partial charge on any atom is 0.236 e. The summed E-state index contributed by atoms with van der Waals surface area (Å²) in [5, 5.41) is 0. The fourth-order valence-electron chi connectivity index (χ4n) is 4.58. The number of carbonyl (C=O) groups is 1. The van der Waals surface area contributed by atoms with Gasteiger partial charge in [-0.05, 0) is 42.4 Å². The number of rotatable bonds is 8. The number of carbonyl (C=O) groups excluding carboxylic acids is 1. The molecule has 2 aliphatic rings. The molecule has 2 atom stereocenters. The molecule has 0 spiro atoms. The van der Waals surface area contributed by atoms with Gasteiger partial charge >= 0.3 is 0 Å². The maximum atomic E-state index is 13.1. The molecule has 2 aromatic rings. The van der Waals surface area contributed by atoms with Crippen molar-refractivity contribution in [1.82, 2.24) is 9.62 Å². The van der Waals surface area contributed by atoms with Crippen molar-refractivity contribution in [2.24, 2.45) is 5.92 Å². The standard InChI is InChI=1S/C24H30N2O4S/c1-30-17-31(28,29)25-22-13-14-26(24(27)20-10-6-11-20)23(22)16-18-7-5-12-21(15-18)19-8-3-2-4-9-19/h2-5,7-9,12,15,20,22-23,25H,6,10-11,13-14,16-17H2,1H3/t22?,23-/m1/s1. The molecule has 166 valence electrons. The maximum absolute atomic E-state index is 13.1. The molecule has 7 heteroatoms. The summed E-state index contributed by atoms with van der Waals surface area (Å²) >= 11 is 0. The number of likely N-dealkylation sites (tertiary alicyclic amines) is 1. The van der Waals surface area contributed by atoms with E-state index < -0.39 is 10.0 Å². The van der Waals surface area contributed by atoms with Crippen molar-refractivity contribution in [2.75, 3.05) is 19.6 Å². The topological polar surface area (TPSA) is 75.7 Å². The largest absolute Gasteiger partial charge is 0.367 e. The quantitative estimate of drug-likeness (QED) is 0.681. The molecule has 2 aromatic carbocycles. The van der Waals surface area contributed by atoms with Crippen LogP contribution in [-0.2, 0) is 26.0 Å². The van der Waals surface area contributed by atoms with Crippen molar-refractivity contribution in [1.29, 1.82) is 0 Å². The summed E-state index contributed by atoms with van der Waals surface area (Å²) in [4.78, 5) is 15.0. The normalized spacial score (nSPS) is 21.8. The van der Waals surface area contributed by atoms with Gasteiger partial charge in [0.05, 0.1) is 6.04 Å². The first-order valence-corrected chi connectivity index (χ1v) is 12.6. The second-order valence-electron chi connectivity index (χ2n) is 8.53. The van der Waals surface area contributed by atoms with Crippen LogP contribution in [0.15, 0.2) is 54.6 Å². The lowest BCUT2D eigenvalue weighted by Gasteiger charge is -2.34. The van der Waals surface area contributed by atoms with Crippen molar-refractivity contribution in [3.05, 3.63) is 60.2 Å². The Morgan fingerprint density at radius 3 is 2.48 bits per heavy atom. The van der Waals surface area contributed by atoms with Crippen LogP contribution in [0, 0.1) is 5.92 Å². The Morgan fingerprint density at radius 1 is 1.06 bits per heavy atom. The Hall–Kier alpha value is -2.22. The van der Waals surface area contributed by atoms with Crippen molar-refractivity contribution in [3.63, 3.8) is 0 Å². The average Bonchev–Trinajstić information content (AvgIpc) is 3.09. The summed E-state index contributed by atoms with van der Waals surface area (Å²) in [5.41, 5.74) is 3.34. The monoisotopic (exact) mass is 442 g/mol. The van der Waals surface area contributed by atoms with Crippen molar-refractivity contribution < 1.29 is 17.9 Å². The van der Waals surface area contributed by atoms with Gasteiger partial charge in [-0.15, -0.1) is 0 Å². The minimum Gasteiger partial charge on any atom is -0.367 e. The van der Waals surface area contributed by atoms with Gasteiger partial charge in [0.25, 0.3) is 0 Å². The van der Waals surface area contributed by atoms with E-state index in [1.54, 1.807) is 0 Å². The lowest BCUT2D eigenvalue weighted by atomic mass is 9.84. The highest BCUT2D eigenvalue weighted by molar-refractivity contribution is 7.89. The molecule has 1 saturated carbocycles. The van der Waals surface area contributed by atoms with Crippen LogP contribution in [0.5, 0.6) is 0 Å². The van der Waals surface area contributed by atoms with E-state index in [4.69, 9.17) is 4.74 Å². The number of hydrogen-bond acceptors (Lipinski definition) is 4. The molecule has 1 aliphatic carbocycles. The SMILES string of the molecule is COCS(=O)(=O)NC1CCN(C(=O)C2CCC2)[C@@H]1Cc1cccc(-c2ccccc2)c1. The zero-order chi connectivity index (χ0) is 21.8. The van der Waals surface area contributed by atoms with Gasteiger partial charge in [-0.1, -0.05) is 61.0 Å². The van der Waals surface area contributed by atoms with Crippen molar-refractivity contribution >= 4 is 15.9 Å². The lowest BCUT2D eigenvalue weighted by Crippen LogP contribution is -2.50. The van der Waals surface area contributed by atoms with Crippen LogP contribution in [0.4, 0.5) is 0 Å². The molecule has 2 fully saturated rings. The summed E-state index contributed by atoms with van der Waals surface area (Å²) in [5.74, 6) is -0.118. The van der Waals surface area contributed by atoms with E-state index in [1.807, 2.05) is 29.2 Å². The molecule has 0 aromatic heterocycles. The molecule has 0 bridgehead atoms. The second kappa shape index (κ2) is 9.51. The number of ether oxygens (including phenoxy) is 1. The predicted molar refractivity (Wildman–Crippen MR) is 121 cm³/mol.